The van der Waals surface area contributed by atoms with Crippen LogP contribution in [-0.2, 0) is 72.5 Å². The summed E-state index contributed by atoms with van der Waals surface area (Å²) in [5.74, 6) is -2.88. The Morgan fingerprint density at radius 2 is 1.41 bits per heavy atom. The Bertz CT molecular complexity index is 1990. The minimum atomic E-state index is -3.24. The Kier molecular flexibility index (Phi) is 11.9. The third-order valence-corrected chi connectivity index (χ3v) is 13.2. The molecular weight excluding hydrogens is 783 g/mol. The van der Waals surface area contributed by atoms with Gasteiger partial charge in [0.25, 0.3) is 5.69 Å². The van der Waals surface area contributed by atoms with Crippen molar-refractivity contribution in [3.05, 3.63) is 149 Å². The van der Waals surface area contributed by atoms with Crippen LogP contribution in [0.15, 0.2) is 128 Å². The number of aromatic nitrogens is 2. The van der Waals surface area contributed by atoms with E-state index in [2.05, 4.69) is 5.10 Å². The number of carbonyl (C=O) groups excluding carboxylic acids is 3. The maximum absolute atomic E-state index is 14.8. The van der Waals surface area contributed by atoms with Gasteiger partial charge in [-0.25, -0.2) is 4.79 Å². The molecule has 11 nitrogen and oxygen atoms in total. The number of esters is 2. The van der Waals surface area contributed by atoms with Gasteiger partial charge in [0.2, 0.25) is 5.91 Å². The fourth-order valence-corrected chi connectivity index (χ4v) is 11.1. The summed E-state index contributed by atoms with van der Waals surface area (Å²) in [5.41, 5.74) is 0.974. The summed E-state index contributed by atoms with van der Waals surface area (Å²) in [4.78, 5) is 53.8. The van der Waals surface area contributed by atoms with Crippen LogP contribution in [0, 0.1) is 16.0 Å². The second-order valence-corrected chi connectivity index (χ2v) is 15.4. The second kappa shape index (κ2) is 16.1. The summed E-state index contributed by atoms with van der Waals surface area (Å²) >= 11 is 6.07. The van der Waals surface area contributed by atoms with Gasteiger partial charge in [-0.05, 0) is 33.6 Å². The fourth-order valence-electron chi connectivity index (χ4n) is 6.20. The van der Waals surface area contributed by atoms with E-state index < -0.39 is 47.1 Å². The van der Waals surface area contributed by atoms with Gasteiger partial charge in [0.1, 0.15) is 18.1 Å². The second-order valence-electron chi connectivity index (χ2n) is 11.6. The van der Waals surface area contributed by atoms with Gasteiger partial charge in [0.15, 0.2) is 0 Å². The summed E-state index contributed by atoms with van der Waals surface area (Å²) in [6, 6.07) is 34.1. The van der Waals surface area contributed by atoms with E-state index in [1.807, 2.05) is 91.0 Å². The Balaban J connectivity index is 0.00000504. The van der Waals surface area contributed by atoms with Gasteiger partial charge < -0.3 is 27.0 Å². The SMILES string of the molecule is CC(=O)OC(c1cnn(C)c1)C1C(=O)N(C(C(=O)OCc2ccc([N+](=O)[O-])cc2)=P(c2ccccc2)(c2ccccc2)c2ccccc2)C1[S-].[Ag+]. The van der Waals surface area contributed by atoms with Crippen LogP contribution >= 0.6 is 6.89 Å². The first-order chi connectivity index (χ1) is 24.1. The van der Waals surface area contributed by atoms with E-state index in [1.54, 1.807) is 13.2 Å². The number of ether oxygens (including phenoxy) is 2. The first-order valence-electron chi connectivity index (χ1n) is 15.6. The number of nitro groups is 1. The summed E-state index contributed by atoms with van der Waals surface area (Å²) in [5, 5.41) is 16.7. The molecule has 1 aromatic heterocycles. The Morgan fingerprint density at radius 3 is 1.82 bits per heavy atom. The van der Waals surface area contributed by atoms with E-state index >= 15 is 0 Å². The van der Waals surface area contributed by atoms with Crippen molar-refractivity contribution in [2.24, 2.45) is 13.0 Å². The van der Waals surface area contributed by atoms with E-state index in [9.17, 15) is 24.5 Å². The zero-order chi connectivity index (χ0) is 35.4. The molecule has 0 saturated carbocycles. The molecule has 51 heavy (non-hydrogen) atoms. The molecule has 1 fully saturated rings. The molecule has 0 N–H and O–H groups in total. The van der Waals surface area contributed by atoms with E-state index in [1.165, 1.54) is 47.0 Å². The van der Waals surface area contributed by atoms with Crippen molar-refractivity contribution in [1.29, 1.82) is 0 Å². The number of aryl methyl sites for hydroxylation is 1. The molecular formula is C37H32AgN4O7PS. The van der Waals surface area contributed by atoms with E-state index in [-0.39, 0.29) is 40.1 Å². The molecule has 3 atom stereocenters. The number of likely N-dealkylation sites (tertiary alicyclic amines) is 1. The molecule has 6 rings (SSSR count). The van der Waals surface area contributed by atoms with Crippen LogP contribution in [0.2, 0.25) is 0 Å². The maximum Gasteiger partial charge on any atom is 1.00 e. The Morgan fingerprint density at radius 1 is 0.902 bits per heavy atom. The molecule has 0 spiro atoms. The molecule has 5 aromatic rings. The van der Waals surface area contributed by atoms with Crippen molar-refractivity contribution in [2.45, 2.75) is 25.0 Å². The molecule has 0 aliphatic carbocycles. The van der Waals surface area contributed by atoms with Crippen molar-refractivity contribution >= 4 is 64.4 Å². The molecule has 1 aliphatic heterocycles. The fraction of sp³-hybridized carbons (Fsp3) is 0.162. The number of non-ortho nitro benzene ring substituents is 1. The van der Waals surface area contributed by atoms with Crippen molar-refractivity contribution in [1.82, 2.24) is 14.7 Å². The normalized spacial score (nSPS) is 15.9. The molecule has 2 heterocycles. The molecule has 4 aromatic carbocycles. The number of hydrogen-bond acceptors (Lipinski definition) is 9. The predicted octanol–water partition coefficient (Wildman–Crippen LogP) is 4.13. The third kappa shape index (κ3) is 7.37. The number of hydrogen-bond donors (Lipinski definition) is 0. The molecule has 3 unspecified atom stereocenters. The Labute approximate surface area is 315 Å². The van der Waals surface area contributed by atoms with Gasteiger partial charge >= 0.3 is 34.3 Å². The minimum Gasteiger partial charge on any atom is -0.767 e. The number of carbonyl (C=O) groups is 3. The average Bonchev–Trinajstić information content (AvgIpc) is 3.57. The van der Waals surface area contributed by atoms with Crippen LogP contribution < -0.4 is 15.9 Å². The number of amides is 1. The van der Waals surface area contributed by atoms with Gasteiger partial charge in [-0.15, -0.1) is 0 Å². The zero-order valence-electron chi connectivity index (χ0n) is 27.4. The van der Waals surface area contributed by atoms with Crippen molar-refractivity contribution in [2.75, 3.05) is 0 Å². The standard InChI is InChI=1S/C37H33N4O7PS.Ag/c1-25(42)48-33(27-22-38-39(2)23-27)32-34(43)40(36(32)50)35(37(44)47-24-26-18-20-28(21-19-26)41(45)46)49(29-12-6-3-7-13-29,30-14-8-4-9-15-30)31-16-10-5-11-17-31;/h3-23,32-33,36,50H,24H2,1-2H3;/q;+1/p-1. The molecule has 264 valence electrons. The van der Waals surface area contributed by atoms with E-state index in [0.717, 1.165) is 15.9 Å². The first-order valence-corrected chi connectivity index (χ1v) is 17.9. The van der Waals surface area contributed by atoms with E-state index in [4.69, 9.17) is 22.1 Å². The third-order valence-electron chi connectivity index (χ3n) is 8.43. The van der Waals surface area contributed by atoms with Gasteiger partial charge in [0.05, 0.1) is 17.0 Å². The molecule has 1 aliphatic rings. The van der Waals surface area contributed by atoms with Crippen LogP contribution in [0.4, 0.5) is 5.69 Å². The van der Waals surface area contributed by atoms with Crippen LogP contribution in [0.25, 0.3) is 0 Å². The summed E-state index contributed by atoms with van der Waals surface area (Å²) in [6.07, 6.45) is 2.14. The van der Waals surface area contributed by atoms with Crippen LogP contribution in [0.1, 0.15) is 24.2 Å². The summed E-state index contributed by atoms with van der Waals surface area (Å²) < 4.78 is 13.2. The largest absolute Gasteiger partial charge is 1.00 e. The zero-order valence-corrected chi connectivity index (χ0v) is 30.6. The number of rotatable bonds is 11. The van der Waals surface area contributed by atoms with E-state index in [0.29, 0.717) is 11.1 Å². The number of nitrogens with zero attached hydrogens (tertiary/aromatic N) is 4. The average molecular weight is 816 g/mol. The topological polar surface area (TPSA) is 134 Å². The molecule has 14 heteroatoms. The van der Waals surface area contributed by atoms with Crippen LogP contribution in [-0.4, -0.2) is 48.2 Å². The van der Waals surface area contributed by atoms with Crippen molar-refractivity contribution in [3.8, 4) is 0 Å². The Hall–Kier alpha value is -4.71. The van der Waals surface area contributed by atoms with Gasteiger partial charge in [-0.1, -0.05) is 96.4 Å². The maximum atomic E-state index is 14.8. The van der Waals surface area contributed by atoms with Gasteiger partial charge in [0, 0.05) is 44.8 Å². The number of nitro benzene ring substituents is 1. The first kappa shape index (κ1) is 37.5. The van der Waals surface area contributed by atoms with Crippen molar-refractivity contribution in [3.63, 3.8) is 0 Å². The number of β-lactam (4-membered cyclic amide) rings is 1. The molecule has 1 amide bonds. The predicted molar refractivity (Wildman–Crippen MR) is 192 cm³/mol. The molecule has 0 radical (unpaired) electrons. The quantitative estimate of drug-likeness (QED) is 0.0367. The summed E-state index contributed by atoms with van der Waals surface area (Å²) in [6.45, 7) is -2.21. The van der Waals surface area contributed by atoms with Gasteiger partial charge in [-0.3, -0.25) is 24.4 Å². The monoisotopic (exact) mass is 814 g/mol. The summed E-state index contributed by atoms with van der Waals surface area (Å²) in [7, 11) is 1.71. The van der Waals surface area contributed by atoms with Gasteiger partial charge in [-0.2, -0.15) is 5.10 Å². The number of benzene rings is 4. The molecule has 0 bridgehead atoms. The minimum absolute atomic E-state index is 0. The van der Waals surface area contributed by atoms with Crippen LogP contribution in [0.5, 0.6) is 0 Å². The van der Waals surface area contributed by atoms with Crippen molar-refractivity contribution < 1.29 is 51.2 Å². The van der Waals surface area contributed by atoms with Crippen LogP contribution in [0.3, 0.4) is 0 Å². The smallest absolute Gasteiger partial charge is 0.767 e. The molecule has 1 saturated heterocycles.